The number of hydrogen-bond acceptors (Lipinski definition) is 2. The lowest BCUT2D eigenvalue weighted by Crippen LogP contribution is -2.20. The van der Waals surface area contributed by atoms with E-state index in [1.165, 1.54) is 5.56 Å². The lowest BCUT2D eigenvalue weighted by atomic mass is 10.0. The highest BCUT2D eigenvalue weighted by Crippen LogP contribution is 2.26. The number of nitrogens with one attached hydrogen (secondary N) is 1. The number of benzene rings is 1. The highest BCUT2D eigenvalue weighted by molar-refractivity contribution is 5.35. The predicted molar refractivity (Wildman–Crippen MR) is 59.7 cm³/mol. The van der Waals surface area contributed by atoms with Gasteiger partial charge in [-0.1, -0.05) is 32.0 Å². The van der Waals surface area contributed by atoms with Gasteiger partial charge in [0.2, 0.25) is 0 Å². The quantitative estimate of drug-likeness (QED) is 0.776. The van der Waals surface area contributed by atoms with Crippen molar-refractivity contribution in [2.24, 2.45) is 0 Å². The third-order valence-corrected chi connectivity index (χ3v) is 2.37. The number of rotatable bonds is 5. The van der Waals surface area contributed by atoms with Crippen LogP contribution in [0.5, 0.6) is 5.75 Å². The average molecular weight is 193 g/mol. The number of hydrogen-bond donors (Lipinski definition) is 1. The van der Waals surface area contributed by atoms with E-state index in [9.17, 15) is 0 Å². The zero-order valence-electron chi connectivity index (χ0n) is 9.21. The van der Waals surface area contributed by atoms with Gasteiger partial charge in [-0.25, -0.2) is 0 Å². The second-order valence-corrected chi connectivity index (χ2v) is 3.26. The number of ether oxygens (including phenoxy) is 1. The van der Waals surface area contributed by atoms with Gasteiger partial charge in [0.05, 0.1) is 7.11 Å². The maximum Gasteiger partial charge on any atom is 0.123 e. The normalized spacial score (nSPS) is 12.5. The third-order valence-electron chi connectivity index (χ3n) is 2.37. The van der Waals surface area contributed by atoms with Crippen LogP contribution in [0.2, 0.25) is 0 Å². The van der Waals surface area contributed by atoms with E-state index in [0.29, 0.717) is 6.04 Å². The summed E-state index contributed by atoms with van der Waals surface area (Å²) >= 11 is 0. The van der Waals surface area contributed by atoms with Crippen LogP contribution >= 0.6 is 0 Å². The van der Waals surface area contributed by atoms with Gasteiger partial charge in [0, 0.05) is 11.6 Å². The molecule has 0 aliphatic heterocycles. The zero-order valence-corrected chi connectivity index (χ0v) is 9.21. The molecule has 1 unspecified atom stereocenters. The molecule has 1 N–H and O–H groups in total. The van der Waals surface area contributed by atoms with Crippen LogP contribution in [0.15, 0.2) is 24.3 Å². The average Bonchev–Trinajstić information content (AvgIpc) is 2.26. The highest BCUT2D eigenvalue weighted by atomic mass is 16.5. The third kappa shape index (κ3) is 2.48. The number of para-hydroxylation sites is 1. The smallest absolute Gasteiger partial charge is 0.123 e. The molecule has 0 heterocycles. The van der Waals surface area contributed by atoms with E-state index in [4.69, 9.17) is 4.74 Å². The Morgan fingerprint density at radius 1 is 1.29 bits per heavy atom. The molecule has 1 aromatic rings. The predicted octanol–water partition coefficient (Wildman–Crippen LogP) is 2.76. The Kier molecular flexibility index (Phi) is 4.47. The summed E-state index contributed by atoms with van der Waals surface area (Å²) in [7, 11) is 1.72. The van der Waals surface area contributed by atoms with Crippen LogP contribution in [0.1, 0.15) is 31.9 Å². The lowest BCUT2D eigenvalue weighted by Gasteiger charge is -2.18. The summed E-state index contributed by atoms with van der Waals surface area (Å²) in [5.74, 6) is 0.973. The van der Waals surface area contributed by atoms with Gasteiger partial charge in [0.25, 0.3) is 0 Å². The fraction of sp³-hybridized carbons (Fsp3) is 0.500. The Morgan fingerprint density at radius 2 is 2.00 bits per heavy atom. The summed E-state index contributed by atoms with van der Waals surface area (Å²) in [6.07, 6.45) is 1.08. The molecule has 2 heteroatoms. The minimum Gasteiger partial charge on any atom is -0.496 e. The van der Waals surface area contributed by atoms with Gasteiger partial charge in [-0.2, -0.15) is 0 Å². The Morgan fingerprint density at radius 3 is 2.57 bits per heavy atom. The molecular formula is C12H19NO. The molecule has 0 saturated carbocycles. The van der Waals surface area contributed by atoms with Crippen molar-refractivity contribution in [3.63, 3.8) is 0 Å². The van der Waals surface area contributed by atoms with Crippen LogP contribution in [0.4, 0.5) is 0 Å². The van der Waals surface area contributed by atoms with E-state index in [-0.39, 0.29) is 0 Å². The maximum atomic E-state index is 5.33. The fourth-order valence-electron chi connectivity index (χ4n) is 1.67. The van der Waals surface area contributed by atoms with Gasteiger partial charge < -0.3 is 10.1 Å². The van der Waals surface area contributed by atoms with Gasteiger partial charge in [-0.05, 0) is 19.0 Å². The zero-order chi connectivity index (χ0) is 10.4. The molecule has 0 fully saturated rings. The van der Waals surface area contributed by atoms with E-state index >= 15 is 0 Å². The summed E-state index contributed by atoms with van der Waals surface area (Å²) in [5, 5.41) is 3.44. The summed E-state index contributed by atoms with van der Waals surface area (Å²) < 4.78 is 5.33. The monoisotopic (exact) mass is 193 g/mol. The van der Waals surface area contributed by atoms with E-state index in [2.05, 4.69) is 31.3 Å². The van der Waals surface area contributed by atoms with Crippen LogP contribution in [-0.2, 0) is 0 Å². The molecule has 0 aromatic heterocycles. The van der Waals surface area contributed by atoms with Crippen molar-refractivity contribution in [3.8, 4) is 5.75 Å². The summed E-state index contributed by atoms with van der Waals surface area (Å²) in [4.78, 5) is 0. The first-order valence-electron chi connectivity index (χ1n) is 5.19. The molecule has 0 saturated heterocycles. The van der Waals surface area contributed by atoms with Crippen LogP contribution in [-0.4, -0.2) is 13.7 Å². The van der Waals surface area contributed by atoms with Crippen LogP contribution < -0.4 is 10.1 Å². The Labute approximate surface area is 86.3 Å². The Hall–Kier alpha value is -1.02. The SMILES string of the molecule is CCNC(CC)c1ccccc1OC. The first-order chi connectivity index (χ1) is 6.83. The summed E-state index contributed by atoms with van der Waals surface area (Å²) in [6.45, 7) is 5.29. The largest absolute Gasteiger partial charge is 0.496 e. The van der Waals surface area contributed by atoms with Crippen molar-refractivity contribution in [3.05, 3.63) is 29.8 Å². The fourth-order valence-corrected chi connectivity index (χ4v) is 1.67. The minimum atomic E-state index is 0.399. The van der Waals surface area contributed by atoms with Crippen LogP contribution in [0, 0.1) is 0 Å². The van der Waals surface area contributed by atoms with Gasteiger partial charge in [-0.3, -0.25) is 0 Å². The highest BCUT2D eigenvalue weighted by Gasteiger charge is 2.11. The van der Waals surface area contributed by atoms with Crippen molar-refractivity contribution < 1.29 is 4.74 Å². The van der Waals surface area contributed by atoms with Gasteiger partial charge in [-0.15, -0.1) is 0 Å². The second kappa shape index (κ2) is 5.66. The van der Waals surface area contributed by atoms with E-state index < -0.39 is 0 Å². The van der Waals surface area contributed by atoms with E-state index in [0.717, 1.165) is 18.7 Å². The van der Waals surface area contributed by atoms with Gasteiger partial charge in [0.15, 0.2) is 0 Å². The van der Waals surface area contributed by atoms with Crippen molar-refractivity contribution in [1.29, 1.82) is 0 Å². The molecule has 0 amide bonds. The van der Waals surface area contributed by atoms with Crippen molar-refractivity contribution in [2.75, 3.05) is 13.7 Å². The molecule has 1 aromatic carbocycles. The molecular weight excluding hydrogens is 174 g/mol. The van der Waals surface area contributed by atoms with E-state index in [1.807, 2.05) is 12.1 Å². The van der Waals surface area contributed by atoms with Crippen LogP contribution in [0.25, 0.3) is 0 Å². The molecule has 0 aliphatic rings. The first-order valence-corrected chi connectivity index (χ1v) is 5.19. The molecule has 0 aliphatic carbocycles. The molecule has 1 rings (SSSR count). The summed E-state index contributed by atoms with van der Waals surface area (Å²) in [6, 6.07) is 8.58. The van der Waals surface area contributed by atoms with Crippen molar-refractivity contribution in [1.82, 2.24) is 5.32 Å². The molecule has 78 valence electrons. The van der Waals surface area contributed by atoms with Crippen molar-refractivity contribution >= 4 is 0 Å². The Balaban J connectivity index is 2.90. The lowest BCUT2D eigenvalue weighted by molar-refractivity contribution is 0.398. The van der Waals surface area contributed by atoms with Gasteiger partial charge in [0.1, 0.15) is 5.75 Å². The maximum absolute atomic E-state index is 5.33. The first kappa shape index (κ1) is 11.1. The molecule has 0 spiro atoms. The van der Waals surface area contributed by atoms with E-state index in [1.54, 1.807) is 7.11 Å². The Bertz CT molecular complexity index is 273. The second-order valence-electron chi connectivity index (χ2n) is 3.26. The molecule has 1 atom stereocenters. The molecule has 0 bridgehead atoms. The topological polar surface area (TPSA) is 21.3 Å². The van der Waals surface area contributed by atoms with Gasteiger partial charge >= 0.3 is 0 Å². The van der Waals surface area contributed by atoms with Crippen molar-refractivity contribution in [2.45, 2.75) is 26.3 Å². The standard InChI is InChI=1S/C12H19NO/c1-4-11(13-5-2)10-8-6-7-9-12(10)14-3/h6-9,11,13H,4-5H2,1-3H3. The molecule has 2 nitrogen and oxygen atoms in total. The summed E-state index contributed by atoms with van der Waals surface area (Å²) in [5.41, 5.74) is 1.25. The molecule has 14 heavy (non-hydrogen) atoms. The molecule has 0 radical (unpaired) electrons. The minimum absolute atomic E-state index is 0.399. The number of methoxy groups -OCH3 is 1. The van der Waals surface area contributed by atoms with Crippen LogP contribution in [0.3, 0.4) is 0 Å².